The van der Waals surface area contributed by atoms with Crippen molar-refractivity contribution in [3.8, 4) is 17.6 Å². The van der Waals surface area contributed by atoms with Gasteiger partial charge in [-0.3, -0.25) is 9.69 Å². The molecular formula is C31H37N3O3. The normalized spacial score (nSPS) is 14.7. The van der Waals surface area contributed by atoms with E-state index in [1.54, 1.807) is 0 Å². The molecule has 6 nitrogen and oxygen atoms in total. The van der Waals surface area contributed by atoms with Gasteiger partial charge in [-0.05, 0) is 49.0 Å². The molecule has 2 heterocycles. The van der Waals surface area contributed by atoms with Gasteiger partial charge in [-0.15, -0.1) is 0 Å². The number of ether oxygens (including phenoxy) is 1. The van der Waals surface area contributed by atoms with Crippen LogP contribution in [0.15, 0.2) is 59.1 Å². The number of aromatic nitrogens is 1. The molecule has 4 rings (SSSR count). The number of hydrogen-bond donors (Lipinski definition) is 0. The Labute approximate surface area is 220 Å². The van der Waals surface area contributed by atoms with Crippen molar-refractivity contribution >= 4 is 5.78 Å². The molecule has 1 aliphatic heterocycles. The number of piperazine rings is 1. The lowest BCUT2D eigenvalue weighted by Gasteiger charge is -2.32. The van der Waals surface area contributed by atoms with Gasteiger partial charge in [-0.25, -0.2) is 0 Å². The van der Waals surface area contributed by atoms with Gasteiger partial charge in [-0.1, -0.05) is 49.9 Å². The summed E-state index contributed by atoms with van der Waals surface area (Å²) in [6.07, 6.45) is 0.637. The Kier molecular flexibility index (Phi) is 8.81. The molecule has 0 atom stereocenters. The largest absolute Gasteiger partial charge is 0.492 e. The molecule has 0 amide bonds. The predicted molar refractivity (Wildman–Crippen MR) is 146 cm³/mol. The maximum absolute atomic E-state index is 12.5. The second-order valence-electron chi connectivity index (χ2n) is 10.8. The van der Waals surface area contributed by atoms with Gasteiger partial charge in [-0.2, -0.15) is 0 Å². The van der Waals surface area contributed by atoms with Crippen LogP contribution in [-0.4, -0.2) is 67.1 Å². The highest BCUT2D eigenvalue weighted by Gasteiger charge is 2.20. The van der Waals surface area contributed by atoms with Gasteiger partial charge >= 0.3 is 0 Å². The molecule has 1 saturated heterocycles. The first-order chi connectivity index (χ1) is 17.7. The minimum Gasteiger partial charge on any atom is -0.492 e. The summed E-state index contributed by atoms with van der Waals surface area (Å²) in [5.41, 5.74) is 3.38. The minimum atomic E-state index is -0.120. The number of rotatable bonds is 8. The van der Waals surface area contributed by atoms with Crippen LogP contribution in [0.4, 0.5) is 0 Å². The quantitative estimate of drug-likeness (QED) is 0.430. The summed E-state index contributed by atoms with van der Waals surface area (Å²) in [4.78, 5) is 17.3. The molecule has 0 N–H and O–H groups in total. The first-order valence-electron chi connectivity index (χ1n) is 13.0. The van der Waals surface area contributed by atoms with Crippen LogP contribution >= 0.6 is 0 Å². The fourth-order valence-corrected chi connectivity index (χ4v) is 4.09. The van der Waals surface area contributed by atoms with E-state index in [-0.39, 0.29) is 17.6 Å². The number of ketones is 1. The molecule has 0 bridgehead atoms. The highest BCUT2D eigenvalue weighted by Crippen LogP contribution is 2.23. The van der Waals surface area contributed by atoms with Gasteiger partial charge < -0.3 is 14.2 Å². The average molecular weight is 500 g/mol. The summed E-state index contributed by atoms with van der Waals surface area (Å²) in [6.45, 7) is 12.3. The number of benzene rings is 2. The molecule has 3 aromatic rings. The van der Waals surface area contributed by atoms with Crippen molar-refractivity contribution in [3.63, 3.8) is 0 Å². The van der Waals surface area contributed by atoms with Gasteiger partial charge in [0.25, 0.3) is 0 Å². The van der Waals surface area contributed by atoms with Crippen molar-refractivity contribution in [2.45, 2.75) is 39.0 Å². The summed E-state index contributed by atoms with van der Waals surface area (Å²) in [6, 6.07) is 17.6. The highest BCUT2D eigenvalue weighted by molar-refractivity contribution is 5.82. The monoisotopic (exact) mass is 499 g/mol. The van der Waals surface area contributed by atoms with Crippen LogP contribution in [0.2, 0.25) is 0 Å². The molecule has 2 aromatic carbocycles. The lowest BCUT2D eigenvalue weighted by atomic mass is 9.93. The van der Waals surface area contributed by atoms with Gasteiger partial charge in [0, 0.05) is 61.8 Å². The van der Waals surface area contributed by atoms with Crippen molar-refractivity contribution in [2.24, 2.45) is 0 Å². The summed E-state index contributed by atoms with van der Waals surface area (Å²) >= 11 is 0. The van der Waals surface area contributed by atoms with Crippen LogP contribution in [0.25, 0.3) is 0 Å². The first-order valence-corrected chi connectivity index (χ1v) is 13.0. The number of Topliss-reactive ketones (excluding diaryl/α,β-unsaturated/α-hetero) is 1. The average Bonchev–Trinajstić information content (AvgIpc) is 3.35. The molecule has 1 fully saturated rings. The lowest BCUT2D eigenvalue weighted by molar-refractivity contribution is -0.117. The van der Waals surface area contributed by atoms with Crippen LogP contribution in [-0.2, 0) is 23.1 Å². The fourth-order valence-electron chi connectivity index (χ4n) is 4.09. The Morgan fingerprint density at radius 1 is 0.946 bits per heavy atom. The molecule has 6 heteroatoms. The molecule has 194 valence electrons. The van der Waals surface area contributed by atoms with E-state index in [0.717, 1.165) is 60.9 Å². The van der Waals surface area contributed by atoms with Crippen molar-refractivity contribution in [3.05, 3.63) is 82.7 Å². The second-order valence-corrected chi connectivity index (χ2v) is 10.8. The molecular weight excluding hydrogens is 462 g/mol. The van der Waals surface area contributed by atoms with Crippen LogP contribution in [0.3, 0.4) is 0 Å². The van der Waals surface area contributed by atoms with Gasteiger partial charge in [0.05, 0.1) is 12.1 Å². The Morgan fingerprint density at radius 3 is 2.16 bits per heavy atom. The van der Waals surface area contributed by atoms with Crippen molar-refractivity contribution in [1.29, 1.82) is 0 Å². The Morgan fingerprint density at radius 2 is 1.57 bits per heavy atom. The second kappa shape index (κ2) is 12.2. The van der Waals surface area contributed by atoms with Gasteiger partial charge in [0.1, 0.15) is 23.9 Å². The van der Waals surface area contributed by atoms with E-state index in [2.05, 4.69) is 54.6 Å². The van der Waals surface area contributed by atoms with Crippen LogP contribution < -0.4 is 4.74 Å². The standard InChI is InChI=1S/C31H37N3O3/c1-31(2,3)30-23-27(32-37-30)22-28(35)21-26-9-7-24(8-10-26)5-6-25-11-13-29(14-12-25)36-20-19-34-17-15-33(4)16-18-34/h7-14,23H,15-22H2,1-4H3. The molecule has 0 unspecified atom stereocenters. The Balaban J connectivity index is 1.22. The zero-order valence-corrected chi connectivity index (χ0v) is 22.4. The lowest BCUT2D eigenvalue weighted by Crippen LogP contribution is -2.45. The van der Waals surface area contributed by atoms with Gasteiger partial charge in [0.15, 0.2) is 0 Å². The SMILES string of the molecule is CN1CCN(CCOc2ccc(C#Cc3ccc(CC(=O)Cc4cc(C(C)(C)C)on4)cc3)cc2)CC1. The zero-order valence-electron chi connectivity index (χ0n) is 22.4. The summed E-state index contributed by atoms with van der Waals surface area (Å²) < 4.78 is 11.3. The fraction of sp³-hybridized carbons (Fsp3) is 0.419. The number of likely N-dealkylation sites (N-methyl/N-ethyl adjacent to an activating group) is 1. The van der Waals surface area contributed by atoms with E-state index in [9.17, 15) is 4.79 Å². The predicted octanol–water partition coefficient (Wildman–Crippen LogP) is 4.35. The number of nitrogens with zero attached hydrogens (tertiary/aromatic N) is 3. The minimum absolute atomic E-state index is 0.110. The number of hydrogen-bond acceptors (Lipinski definition) is 6. The van der Waals surface area contributed by atoms with E-state index in [1.807, 2.05) is 54.6 Å². The van der Waals surface area contributed by atoms with Crippen molar-refractivity contribution < 1.29 is 14.1 Å². The van der Waals surface area contributed by atoms with Crippen LogP contribution in [0, 0.1) is 11.8 Å². The maximum atomic E-state index is 12.5. The third-order valence-corrected chi connectivity index (χ3v) is 6.51. The summed E-state index contributed by atoms with van der Waals surface area (Å²) in [5.74, 6) is 8.17. The summed E-state index contributed by atoms with van der Waals surface area (Å²) in [7, 11) is 2.17. The molecule has 0 saturated carbocycles. The van der Waals surface area contributed by atoms with Crippen LogP contribution in [0.1, 0.15) is 48.9 Å². The maximum Gasteiger partial charge on any atom is 0.143 e. The number of carbonyl (C=O) groups excluding carboxylic acids is 1. The van der Waals surface area contributed by atoms with E-state index in [4.69, 9.17) is 9.26 Å². The van der Waals surface area contributed by atoms with E-state index < -0.39 is 0 Å². The molecule has 1 aromatic heterocycles. The topological polar surface area (TPSA) is 58.8 Å². The third-order valence-electron chi connectivity index (χ3n) is 6.51. The van der Waals surface area contributed by atoms with Crippen molar-refractivity contribution in [2.75, 3.05) is 46.4 Å². The Bertz CT molecular complexity index is 1220. The smallest absolute Gasteiger partial charge is 0.143 e. The Hall–Kier alpha value is -3.40. The van der Waals surface area contributed by atoms with Gasteiger partial charge in [0.2, 0.25) is 0 Å². The first kappa shape index (κ1) is 26.7. The van der Waals surface area contributed by atoms with E-state index in [0.29, 0.717) is 18.7 Å². The molecule has 1 aliphatic rings. The molecule has 37 heavy (non-hydrogen) atoms. The molecule has 0 radical (unpaired) electrons. The zero-order chi connectivity index (χ0) is 26.3. The van der Waals surface area contributed by atoms with Crippen molar-refractivity contribution in [1.82, 2.24) is 15.0 Å². The molecule has 0 aliphatic carbocycles. The third kappa shape index (κ3) is 8.31. The number of carbonyl (C=O) groups is 1. The summed E-state index contributed by atoms with van der Waals surface area (Å²) in [5, 5.41) is 4.05. The highest BCUT2D eigenvalue weighted by atomic mass is 16.5. The van der Waals surface area contributed by atoms with E-state index in [1.165, 1.54) is 0 Å². The van der Waals surface area contributed by atoms with E-state index >= 15 is 0 Å². The molecule has 0 spiro atoms. The van der Waals surface area contributed by atoms with Crippen LogP contribution in [0.5, 0.6) is 5.75 Å².